The molecule has 0 heterocycles. The van der Waals surface area contributed by atoms with Gasteiger partial charge in [-0.05, 0) is 38.7 Å². The SMILES string of the molecule is CC(C)C(CNCc1ccccc1F)CNC(=O)OC(C)(C)C. The highest BCUT2D eigenvalue weighted by atomic mass is 19.1. The first kappa shape index (κ1) is 19.4. The molecule has 4 nitrogen and oxygen atoms in total. The van der Waals surface area contributed by atoms with Crippen LogP contribution < -0.4 is 10.6 Å². The number of carbonyl (C=O) groups excluding carboxylic acids is 1. The van der Waals surface area contributed by atoms with E-state index in [0.717, 1.165) is 0 Å². The number of nitrogens with one attached hydrogen (secondary N) is 2. The first-order valence-electron chi connectivity index (χ1n) is 8.10. The number of benzene rings is 1. The Morgan fingerprint density at radius 3 is 2.43 bits per heavy atom. The summed E-state index contributed by atoms with van der Waals surface area (Å²) in [5.74, 6) is 0.431. The van der Waals surface area contributed by atoms with Crippen molar-refractivity contribution in [3.05, 3.63) is 35.6 Å². The van der Waals surface area contributed by atoms with Gasteiger partial charge in [-0.3, -0.25) is 0 Å². The van der Waals surface area contributed by atoms with Crippen molar-refractivity contribution in [2.24, 2.45) is 11.8 Å². The molecule has 5 heteroatoms. The van der Waals surface area contributed by atoms with Crippen LogP contribution in [0.4, 0.5) is 9.18 Å². The van der Waals surface area contributed by atoms with Gasteiger partial charge in [-0.25, -0.2) is 9.18 Å². The summed E-state index contributed by atoms with van der Waals surface area (Å²) in [6.45, 7) is 11.4. The van der Waals surface area contributed by atoms with Gasteiger partial charge in [0.25, 0.3) is 0 Å². The van der Waals surface area contributed by atoms with Crippen molar-refractivity contribution in [1.29, 1.82) is 0 Å². The Hall–Kier alpha value is -1.62. The topological polar surface area (TPSA) is 50.4 Å². The molecule has 0 spiro atoms. The number of hydrogen-bond donors (Lipinski definition) is 2. The van der Waals surface area contributed by atoms with Crippen LogP contribution in [0.25, 0.3) is 0 Å². The third-order valence-electron chi connectivity index (χ3n) is 3.53. The van der Waals surface area contributed by atoms with Gasteiger partial charge >= 0.3 is 6.09 Å². The van der Waals surface area contributed by atoms with Crippen molar-refractivity contribution in [2.45, 2.75) is 46.8 Å². The van der Waals surface area contributed by atoms with Gasteiger partial charge in [-0.15, -0.1) is 0 Å². The number of rotatable bonds is 7. The van der Waals surface area contributed by atoms with Crippen molar-refractivity contribution in [1.82, 2.24) is 10.6 Å². The van der Waals surface area contributed by atoms with E-state index in [-0.39, 0.29) is 11.7 Å². The van der Waals surface area contributed by atoms with Crippen LogP contribution in [0.3, 0.4) is 0 Å². The van der Waals surface area contributed by atoms with Crippen LogP contribution >= 0.6 is 0 Å². The Bertz CT molecular complexity index is 498. The second kappa shape index (κ2) is 8.87. The monoisotopic (exact) mass is 324 g/mol. The van der Waals surface area contributed by atoms with Gasteiger partial charge in [-0.2, -0.15) is 0 Å². The Balaban J connectivity index is 2.41. The van der Waals surface area contributed by atoms with E-state index in [1.165, 1.54) is 6.07 Å². The van der Waals surface area contributed by atoms with Gasteiger partial charge in [-0.1, -0.05) is 32.0 Å². The normalized spacial score (nSPS) is 13.0. The Kier molecular flexibility index (Phi) is 7.49. The Morgan fingerprint density at radius 2 is 1.87 bits per heavy atom. The fourth-order valence-corrected chi connectivity index (χ4v) is 2.11. The van der Waals surface area contributed by atoms with Crippen LogP contribution in [-0.4, -0.2) is 24.8 Å². The standard InChI is InChI=1S/C18H29FN2O2/c1-13(2)15(12-21-17(22)23-18(3,4)5)11-20-10-14-8-6-7-9-16(14)19/h6-9,13,15,20H,10-12H2,1-5H3,(H,21,22). The maximum Gasteiger partial charge on any atom is 0.407 e. The molecule has 1 aromatic rings. The zero-order chi connectivity index (χ0) is 17.5. The maximum absolute atomic E-state index is 13.6. The Labute approximate surface area is 138 Å². The molecule has 0 aliphatic heterocycles. The third-order valence-corrected chi connectivity index (χ3v) is 3.53. The van der Waals surface area contributed by atoms with Gasteiger partial charge in [0.15, 0.2) is 0 Å². The highest BCUT2D eigenvalue weighted by molar-refractivity contribution is 5.67. The van der Waals surface area contributed by atoms with Crippen molar-refractivity contribution < 1.29 is 13.9 Å². The number of ether oxygens (including phenoxy) is 1. The average Bonchev–Trinajstić information content (AvgIpc) is 2.42. The van der Waals surface area contributed by atoms with Crippen molar-refractivity contribution >= 4 is 6.09 Å². The lowest BCUT2D eigenvalue weighted by molar-refractivity contribution is 0.0515. The smallest absolute Gasteiger partial charge is 0.407 e. The average molecular weight is 324 g/mol. The first-order valence-corrected chi connectivity index (χ1v) is 8.10. The van der Waals surface area contributed by atoms with E-state index >= 15 is 0 Å². The fourth-order valence-electron chi connectivity index (χ4n) is 2.11. The highest BCUT2D eigenvalue weighted by Crippen LogP contribution is 2.11. The van der Waals surface area contributed by atoms with Gasteiger partial charge in [0.1, 0.15) is 11.4 Å². The summed E-state index contributed by atoms with van der Waals surface area (Å²) in [6.07, 6.45) is -0.405. The van der Waals surface area contributed by atoms with Crippen molar-refractivity contribution in [3.8, 4) is 0 Å². The van der Waals surface area contributed by atoms with Crippen molar-refractivity contribution in [2.75, 3.05) is 13.1 Å². The molecule has 0 aromatic heterocycles. The molecule has 23 heavy (non-hydrogen) atoms. The molecule has 0 aliphatic rings. The number of carbonyl (C=O) groups is 1. The fraction of sp³-hybridized carbons (Fsp3) is 0.611. The minimum absolute atomic E-state index is 0.201. The molecule has 1 amide bonds. The molecule has 1 rings (SSSR count). The molecule has 0 fully saturated rings. The summed E-state index contributed by atoms with van der Waals surface area (Å²) in [5, 5.41) is 6.07. The molecule has 0 saturated heterocycles. The van der Waals surface area contributed by atoms with E-state index in [1.54, 1.807) is 12.1 Å². The first-order chi connectivity index (χ1) is 10.7. The van der Waals surface area contributed by atoms with E-state index in [2.05, 4.69) is 24.5 Å². The van der Waals surface area contributed by atoms with Crippen LogP contribution in [-0.2, 0) is 11.3 Å². The molecular formula is C18H29FN2O2. The summed E-state index contributed by atoms with van der Waals surface area (Å²) in [6, 6.07) is 6.73. The second-order valence-corrected chi connectivity index (χ2v) is 7.11. The van der Waals surface area contributed by atoms with Crippen molar-refractivity contribution in [3.63, 3.8) is 0 Å². The second-order valence-electron chi connectivity index (χ2n) is 7.11. The van der Waals surface area contributed by atoms with Crippen LogP contribution in [0.2, 0.25) is 0 Å². The lowest BCUT2D eigenvalue weighted by Gasteiger charge is -2.24. The molecule has 1 unspecified atom stereocenters. The molecule has 0 saturated carbocycles. The van der Waals surface area contributed by atoms with Gasteiger partial charge in [0.05, 0.1) is 0 Å². The van der Waals surface area contributed by atoms with Gasteiger partial charge in [0.2, 0.25) is 0 Å². The molecule has 130 valence electrons. The van der Waals surface area contributed by atoms with E-state index in [0.29, 0.717) is 31.1 Å². The minimum Gasteiger partial charge on any atom is -0.444 e. The summed E-state index contributed by atoms with van der Waals surface area (Å²) < 4.78 is 18.8. The maximum atomic E-state index is 13.6. The largest absolute Gasteiger partial charge is 0.444 e. The van der Waals surface area contributed by atoms with E-state index in [4.69, 9.17) is 4.74 Å². The zero-order valence-corrected chi connectivity index (χ0v) is 14.8. The summed E-state index contributed by atoms with van der Waals surface area (Å²) in [7, 11) is 0. The molecule has 0 radical (unpaired) electrons. The number of hydrogen-bond acceptors (Lipinski definition) is 3. The minimum atomic E-state index is -0.500. The quantitative estimate of drug-likeness (QED) is 0.804. The van der Waals surface area contributed by atoms with Gasteiger partial charge < -0.3 is 15.4 Å². The molecular weight excluding hydrogens is 295 g/mol. The van der Waals surface area contributed by atoms with Crippen LogP contribution in [0.1, 0.15) is 40.2 Å². The van der Waals surface area contributed by atoms with Gasteiger partial charge in [0, 0.05) is 25.2 Å². The van der Waals surface area contributed by atoms with E-state index in [9.17, 15) is 9.18 Å². The Morgan fingerprint density at radius 1 is 1.22 bits per heavy atom. The molecule has 2 N–H and O–H groups in total. The predicted molar refractivity (Wildman–Crippen MR) is 90.7 cm³/mol. The molecule has 1 atom stereocenters. The van der Waals surface area contributed by atoms with E-state index in [1.807, 2.05) is 26.8 Å². The highest BCUT2D eigenvalue weighted by Gasteiger charge is 2.19. The number of alkyl carbamates (subject to hydrolysis) is 1. The molecule has 0 aliphatic carbocycles. The lowest BCUT2D eigenvalue weighted by Crippen LogP contribution is -2.39. The molecule has 0 bridgehead atoms. The van der Waals surface area contributed by atoms with Crippen LogP contribution in [0, 0.1) is 17.7 Å². The predicted octanol–water partition coefficient (Wildman–Crippen LogP) is 3.71. The zero-order valence-electron chi connectivity index (χ0n) is 14.8. The van der Waals surface area contributed by atoms with E-state index < -0.39 is 11.7 Å². The summed E-state index contributed by atoms with van der Waals surface area (Å²) in [4.78, 5) is 11.7. The lowest BCUT2D eigenvalue weighted by atomic mass is 9.95. The third kappa shape index (κ3) is 7.98. The van der Waals surface area contributed by atoms with Crippen LogP contribution in [0.5, 0.6) is 0 Å². The molecule has 1 aromatic carbocycles. The van der Waals surface area contributed by atoms with Crippen LogP contribution in [0.15, 0.2) is 24.3 Å². The summed E-state index contributed by atoms with van der Waals surface area (Å²) >= 11 is 0. The number of halogens is 1. The summed E-state index contributed by atoms with van der Waals surface area (Å²) in [5.41, 5.74) is 0.149. The number of amides is 1.